The van der Waals surface area contributed by atoms with Gasteiger partial charge in [0.1, 0.15) is 5.78 Å². The number of rotatable bonds is 5. The van der Waals surface area contributed by atoms with Gasteiger partial charge in [0.2, 0.25) is 0 Å². The summed E-state index contributed by atoms with van der Waals surface area (Å²) in [7, 11) is 1.66. The number of carbonyl (C=O) groups excluding carboxylic acids is 1. The zero-order valence-corrected chi connectivity index (χ0v) is 8.41. The molecule has 0 bridgehead atoms. The minimum absolute atomic E-state index is 0.145. The van der Waals surface area contributed by atoms with Gasteiger partial charge in [-0.1, -0.05) is 0 Å². The van der Waals surface area contributed by atoms with E-state index < -0.39 is 0 Å². The normalized spacial score (nSPS) is 27.8. The first kappa shape index (κ1) is 10.7. The third-order valence-corrected chi connectivity index (χ3v) is 2.43. The van der Waals surface area contributed by atoms with Gasteiger partial charge in [-0.2, -0.15) is 0 Å². The van der Waals surface area contributed by atoms with Crippen molar-refractivity contribution in [2.24, 2.45) is 5.92 Å². The van der Waals surface area contributed by atoms with Gasteiger partial charge in [0.05, 0.1) is 12.7 Å². The summed E-state index contributed by atoms with van der Waals surface area (Å²) in [6.07, 6.45) is 2.62. The van der Waals surface area contributed by atoms with E-state index in [0.29, 0.717) is 25.4 Å². The van der Waals surface area contributed by atoms with E-state index in [0.717, 1.165) is 12.8 Å². The first-order chi connectivity index (χ1) is 6.24. The van der Waals surface area contributed by atoms with Crippen LogP contribution in [0.5, 0.6) is 0 Å². The van der Waals surface area contributed by atoms with Crippen LogP contribution in [0.1, 0.15) is 26.2 Å². The van der Waals surface area contributed by atoms with Crippen LogP contribution in [-0.4, -0.2) is 32.2 Å². The van der Waals surface area contributed by atoms with Crippen LogP contribution in [0.3, 0.4) is 0 Å². The summed E-state index contributed by atoms with van der Waals surface area (Å²) in [5.74, 6) is 0.480. The maximum absolute atomic E-state index is 11.5. The molecular formula is C10H18O3. The Labute approximate surface area is 79.4 Å². The lowest BCUT2D eigenvalue weighted by Crippen LogP contribution is -2.14. The average molecular weight is 186 g/mol. The second-order valence-electron chi connectivity index (χ2n) is 3.64. The van der Waals surface area contributed by atoms with Crippen molar-refractivity contribution in [2.75, 3.05) is 20.3 Å². The predicted molar refractivity (Wildman–Crippen MR) is 49.6 cm³/mol. The third-order valence-electron chi connectivity index (χ3n) is 2.43. The molecule has 13 heavy (non-hydrogen) atoms. The Morgan fingerprint density at radius 2 is 2.38 bits per heavy atom. The number of ketones is 1. The summed E-state index contributed by atoms with van der Waals surface area (Å²) >= 11 is 0. The van der Waals surface area contributed by atoms with Gasteiger partial charge in [-0.05, 0) is 19.8 Å². The van der Waals surface area contributed by atoms with E-state index >= 15 is 0 Å². The molecule has 1 aliphatic rings. The van der Waals surface area contributed by atoms with Crippen molar-refractivity contribution in [3.63, 3.8) is 0 Å². The molecule has 76 valence electrons. The summed E-state index contributed by atoms with van der Waals surface area (Å²) in [6, 6.07) is 0. The van der Waals surface area contributed by atoms with Crippen molar-refractivity contribution in [1.82, 2.24) is 0 Å². The fraction of sp³-hybridized carbons (Fsp3) is 0.900. The van der Waals surface area contributed by atoms with Crippen molar-refractivity contribution in [2.45, 2.75) is 32.3 Å². The number of methoxy groups -OCH3 is 1. The van der Waals surface area contributed by atoms with Gasteiger partial charge in [0.15, 0.2) is 0 Å². The molecule has 1 saturated heterocycles. The highest BCUT2D eigenvalue weighted by molar-refractivity contribution is 5.81. The highest BCUT2D eigenvalue weighted by Gasteiger charge is 2.27. The van der Waals surface area contributed by atoms with Crippen LogP contribution in [0.4, 0.5) is 0 Å². The highest BCUT2D eigenvalue weighted by atomic mass is 16.5. The largest absolute Gasteiger partial charge is 0.385 e. The molecule has 0 spiro atoms. The van der Waals surface area contributed by atoms with Crippen LogP contribution in [0, 0.1) is 5.92 Å². The van der Waals surface area contributed by atoms with E-state index in [1.165, 1.54) is 0 Å². The summed E-state index contributed by atoms with van der Waals surface area (Å²) in [5.41, 5.74) is 0. The second kappa shape index (κ2) is 5.35. The molecule has 0 amide bonds. The van der Waals surface area contributed by atoms with Crippen LogP contribution in [0.15, 0.2) is 0 Å². The van der Waals surface area contributed by atoms with Crippen molar-refractivity contribution < 1.29 is 14.3 Å². The molecule has 0 aromatic rings. The Kier molecular flexibility index (Phi) is 4.39. The first-order valence-electron chi connectivity index (χ1n) is 4.87. The average Bonchev–Trinajstić information content (AvgIpc) is 2.52. The monoisotopic (exact) mass is 186 g/mol. The molecule has 0 saturated carbocycles. The zero-order valence-electron chi connectivity index (χ0n) is 8.41. The van der Waals surface area contributed by atoms with Gasteiger partial charge < -0.3 is 9.47 Å². The number of hydrogen-bond donors (Lipinski definition) is 0. The lowest BCUT2D eigenvalue weighted by atomic mass is 9.98. The van der Waals surface area contributed by atoms with E-state index in [1.807, 2.05) is 6.92 Å². The molecule has 1 heterocycles. The lowest BCUT2D eigenvalue weighted by Gasteiger charge is -2.05. The fourth-order valence-electron chi connectivity index (χ4n) is 1.64. The summed E-state index contributed by atoms with van der Waals surface area (Å²) in [6.45, 7) is 3.31. The molecule has 0 aliphatic carbocycles. The number of ether oxygens (including phenoxy) is 2. The van der Waals surface area contributed by atoms with Crippen molar-refractivity contribution >= 4 is 5.78 Å². The Bertz CT molecular complexity index is 168. The zero-order chi connectivity index (χ0) is 9.68. The van der Waals surface area contributed by atoms with Crippen LogP contribution in [0.2, 0.25) is 0 Å². The molecule has 0 aromatic heterocycles. The quantitative estimate of drug-likeness (QED) is 0.609. The Hall–Kier alpha value is -0.410. The Morgan fingerprint density at radius 1 is 1.62 bits per heavy atom. The van der Waals surface area contributed by atoms with Crippen molar-refractivity contribution in [3.8, 4) is 0 Å². The molecular weight excluding hydrogens is 168 g/mol. The smallest absolute Gasteiger partial charge is 0.138 e. The van der Waals surface area contributed by atoms with Crippen LogP contribution >= 0.6 is 0 Å². The van der Waals surface area contributed by atoms with E-state index in [-0.39, 0.29) is 12.0 Å². The van der Waals surface area contributed by atoms with Crippen molar-refractivity contribution in [1.29, 1.82) is 0 Å². The van der Waals surface area contributed by atoms with E-state index in [9.17, 15) is 4.79 Å². The molecule has 1 rings (SSSR count). The lowest BCUT2D eigenvalue weighted by molar-refractivity contribution is -0.123. The minimum atomic E-state index is 0.145. The SMILES string of the molecule is COCCCC(=O)C1COC(C)C1. The highest BCUT2D eigenvalue weighted by Crippen LogP contribution is 2.21. The molecule has 0 radical (unpaired) electrons. The summed E-state index contributed by atoms with van der Waals surface area (Å²) < 4.78 is 10.2. The van der Waals surface area contributed by atoms with Gasteiger partial charge in [-0.15, -0.1) is 0 Å². The molecule has 2 atom stereocenters. The van der Waals surface area contributed by atoms with Crippen molar-refractivity contribution in [3.05, 3.63) is 0 Å². The molecule has 1 aliphatic heterocycles. The molecule has 0 aromatic carbocycles. The van der Waals surface area contributed by atoms with Crippen LogP contribution in [-0.2, 0) is 14.3 Å². The number of hydrogen-bond acceptors (Lipinski definition) is 3. The minimum Gasteiger partial charge on any atom is -0.385 e. The standard InChI is InChI=1S/C10H18O3/c1-8-6-9(7-13-8)10(11)4-3-5-12-2/h8-9H,3-7H2,1-2H3. The Balaban J connectivity index is 2.16. The van der Waals surface area contributed by atoms with Gasteiger partial charge in [-0.25, -0.2) is 0 Å². The van der Waals surface area contributed by atoms with Gasteiger partial charge in [0, 0.05) is 26.1 Å². The molecule has 2 unspecified atom stereocenters. The van der Waals surface area contributed by atoms with Gasteiger partial charge in [0.25, 0.3) is 0 Å². The van der Waals surface area contributed by atoms with Crippen LogP contribution < -0.4 is 0 Å². The summed E-state index contributed by atoms with van der Waals surface area (Å²) in [4.78, 5) is 11.5. The third kappa shape index (κ3) is 3.44. The van der Waals surface area contributed by atoms with E-state index in [1.54, 1.807) is 7.11 Å². The Morgan fingerprint density at radius 3 is 2.92 bits per heavy atom. The number of carbonyl (C=O) groups is 1. The van der Waals surface area contributed by atoms with Gasteiger partial charge >= 0.3 is 0 Å². The second-order valence-corrected chi connectivity index (χ2v) is 3.64. The maximum atomic E-state index is 11.5. The maximum Gasteiger partial charge on any atom is 0.138 e. The molecule has 0 N–H and O–H groups in total. The molecule has 1 fully saturated rings. The molecule has 3 nitrogen and oxygen atoms in total. The van der Waals surface area contributed by atoms with Crippen LogP contribution in [0.25, 0.3) is 0 Å². The summed E-state index contributed by atoms with van der Waals surface area (Å²) in [5, 5.41) is 0. The predicted octanol–water partition coefficient (Wildman–Crippen LogP) is 1.41. The van der Waals surface area contributed by atoms with Gasteiger partial charge in [-0.3, -0.25) is 4.79 Å². The number of Topliss-reactive ketones (excluding diaryl/α,β-unsaturated/α-hetero) is 1. The first-order valence-corrected chi connectivity index (χ1v) is 4.87. The topological polar surface area (TPSA) is 35.5 Å². The fourth-order valence-corrected chi connectivity index (χ4v) is 1.64. The molecule has 3 heteroatoms. The van der Waals surface area contributed by atoms with E-state index in [2.05, 4.69) is 0 Å². The van der Waals surface area contributed by atoms with E-state index in [4.69, 9.17) is 9.47 Å².